The van der Waals surface area contributed by atoms with Crippen molar-refractivity contribution < 1.29 is 13.2 Å². The molecule has 7 heteroatoms. The Morgan fingerprint density at radius 2 is 1.83 bits per heavy atom. The summed E-state index contributed by atoms with van der Waals surface area (Å²) in [5.41, 5.74) is 2.60. The van der Waals surface area contributed by atoms with Gasteiger partial charge in [0, 0.05) is 12.1 Å². The lowest BCUT2D eigenvalue weighted by atomic mass is 9.89. The van der Waals surface area contributed by atoms with Gasteiger partial charge in [-0.1, -0.05) is 43.0 Å². The van der Waals surface area contributed by atoms with E-state index in [-0.39, 0.29) is 21.4 Å². The van der Waals surface area contributed by atoms with E-state index in [1.165, 1.54) is 31.4 Å². The van der Waals surface area contributed by atoms with Crippen LogP contribution >= 0.6 is 11.6 Å². The van der Waals surface area contributed by atoms with E-state index in [1.54, 1.807) is 18.2 Å². The third-order valence-corrected chi connectivity index (χ3v) is 7.45. The van der Waals surface area contributed by atoms with Crippen LogP contribution in [0.1, 0.15) is 53.6 Å². The van der Waals surface area contributed by atoms with Gasteiger partial charge in [-0.05, 0) is 68.0 Å². The van der Waals surface area contributed by atoms with E-state index < -0.39 is 10.0 Å². The highest BCUT2D eigenvalue weighted by atomic mass is 35.5. The van der Waals surface area contributed by atoms with Crippen molar-refractivity contribution >= 4 is 33.2 Å². The van der Waals surface area contributed by atoms with Crippen molar-refractivity contribution in [3.63, 3.8) is 0 Å². The molecule has 1 amide bonds. The standard InChI is InChI=1S/C22H27ClN2O3S/c1-15-7-6-10-20(16(15)2)25-29(27,28)21-13-18(11-12-19(21)23)22(26)24-14-17-8-4-3-5-9-17/h6-7,10-13,17,25H,3-5,8-9,14H2,1-2H3,(H,24,26). The Kier molecular flexibility index (Phi) is 6.85. The van der Waals surface area contributed by atoms with Gasteiger partial charge in [0.15, 0.2) is 0 Å². The van der Waals surface area contributed by atoms with Crippen LogP contribution in [0.2, 0.25) is 5.02 Å². The Bertz CT molecular complexity index is 999. The fraction of sp³-hybridized carbons (Fsp3) is 0.409. The molecule has 0 aromatic heterocycles. The molecule has 3 rings (SSSR count). The molecule has 1 fully saturated rings. The van der Waals surface area contributed by atoms with Crippen LogP contribution in [0.4, 0.5) is 5.69 Å². The topological polar surface area (TPSA) is 75.3 Å². The molecule has 2 aromatic carbocycles. The predicted octanol–water partition coefficient (Wildman–Crippen LogP) is 5.07. The Labute approximate surface area is 177 Å². The molecule has 0 radical (unpaired) electrons. The van der Waals surface area contributed by atoms with E-state index >= 15 is 0 Å². The summed E-state index contributed by atoms with van der Waals surface area (Å²) in [4.78, 5) is 12.5. The van der Waals surface area contributed by atoms with Crippen LogP contribution in [0.5, 0.6) is 0 Å². The Balaban J connectivity index is 1.78. The number of nitrogens with one attached hydrogen (secondary N) is 2. The number of rotatable bonds is 6. The highest BCUT2D eigenvalue weighted by molar-refractivity contribution is 7.92. The zero-order valence-electron chi connectivity index (χ0n) is 16.8. The molecule has 0 bridgehead atoms. The van der Waals surface area contributed by atoms with E-state index in [2.05, 4.69) is 10.0 Å². The van der Waals surface area contributed by atoms with E-state index in [0.717, 1.165) is 24.0 Å². The quantitative estimate of drug-likeness (QED) is 0.666. The third kappa shape index (κ3) is 5.31. The Hall–Kier alpha value is -2.05. The highest BCUT2D eigenvalue weighted by Crippen LogP contribution is 2.27. The second-order valence-electron chi connectivity index (χ2n) is 7.71. The average Bonchev–Trinajstić information content (AvgIpc) is 2.70. The summed E-state index contributed by atoms with van der Waals surface area (Å²) in [6.45, 7) is 4.38. The van der Waals surface area contributed by atoms with Gasteiger partial charge in [0.2, 0.25) is 0 Å². The molecule has 0 unspecified atom stereocenters. The van der Waals surface area contributed by atoms with Gasteiger partial charge in [-0.15, -0.1) is 0 Å². The molecule has 0 aliphatic heterocycles. The largest absolute Gasteiger partial charge is 0.352 e. The van der Waals surface area contributed by atoms with E-state index in [0.29, 0.717) is 18.2 Å². The van der Waals surface area contributed by atoms with Gasteiger partial charge < -0.3 is 5.32 Å². The molecule has 1 aliphatic rings. The number of hydrogen-bond acceptors (Lipinski definition) is 3. The first kappa shape index (κ1) is 21.7. The molecule has 0 saturated heterocycles. The summed E-state index contributed by atoms with van der Waals surface area (Å²) >= 11 is 6.17. The fourth-order valence-corrected chi connectivity index (χ4v) is 5.29. The molecule has 5 nitrogen and oxygen atoms in total. The van der Waals surface area contributed by atoms with Crippen LogP contribution in [-0.2, 0) is 10.0 Å². The SMILES string of the molecule is Cc1cccc(NS(=O)(=O)c2cc(C(=O)NCC3CCCCC3)ccc2Cl)c1C. The number of carbonyl (C=O) groups excluding carboxylic acids is 1. The zero-order valence-corrected chi connectivity index (χ0v) is 18.4. The van der Waals surface area contributed by atoms with Gasteiger partial charge >= 0.3 is 0 Å². The molecule has 0 atom stereocenters. The number of amides is 1. The maximum absolute atomic E-state index is 12.9. The number of benzene rings is 2. The number of halogens is 1. The minimum absolute atomic E-state index is 0.0756. The van der Waals surface area contributed by atoms with Crippen molar-refractivity contribution in [3.05, 3.63) is 58.1 Å². The number of aryl methyl sites for hydroxylation is 1. The molecule has 1 aliphatic carbocycles. The van der Waals surface area contributed by atoms with Crippen molar-refractivity contribution in [3.8, 4) is 0 Å². The average molecular weight is 435 g/mol. The summed E-state index contributed by atoms with van der Waals surface area (Å²) in [7, 11) is -3.94. The summed E-state index contributed by atoms with van der Waals surface area (Å²) < 4.78 is 28.5. The van der Waals surface area contributed by atoms with Gasteiger partial charge in [-0.2, -0.15) is 0 Å². The van der Waals surface area contributed by atoms with Crippen molar-refractivity contribution in [2.24, 2.45) is 5.92 Å². The number of carbonyl (C=O) groups is 1. The number of sulfonamides is 1. The van der Waals surface area contributed by atoms with Crippen LogP contribution < -0.4 is 10.0 Å². The predicted molar refractivity (Wildman–Crippen MR) is 117 cm³/mol. The second-order valence-corrected chi connectivity index (χ2v) is 9.77. The van der Waals surface area contributed by atoms with Crippen LogP contribution in [0.3, 0.4) is 0 Å². The summed E-state index contributed by atoms with van der Waals surface area (Å²) in [5.74, 6) is 0.213. The van der Waals surface area contributed by atoms with Gasteiger partial charge in [-0.25, -0.2) is 8.42 Å². The second kappa shape index (κ2) is 9.18. The number of hydrogen-bond donors (Lipinski definition) is 2. The van der Waals surface area contributed by atoms with Crippen LogP contribution in [0, 0.1) is 19.8 Å². The lowest BCUT2D eigenvalue weighted by Crippen LogP contribution is -2.30. The molecule has 2 aromatic rings. The molecular formula is C22H27ClN2O3S. The summed E-state index contributed by atoms with van der Waals surface area (Å²) in [6.07, 6.45) is 5.92. The minimum Gasteiger partial charge on any atom is -0.352 e. The first-order valence-corrected chi connectivity index (χ1v) is 11.8. The first-order valence-electron chi connectivity index (χ1n) is 9.95. The van der Waals surface area contributed by atoms with Gasteiger partial charge in [0.05, 0.1) is 10.7 Å². The first-order chi connectivity index (χ1) is 13.8. The van der Waals surface area contributed by atoms with E-state index in [9.17, 15) is 13.2 Å². The smallest absolute Gasteiger partial charge is 0.263 e. The Morgan fingerprint density at radius 3 is 2.55 bits per heavy atom. The summed E-state index contributed by atoms with van der Waals surface area (Å²) in [6, 6.07) is 9.75. The summed E-state index contributed by atoms with van der Waals surface area (Å²) in [5, 5.41) is 3.01. The third-order valence-electron chi connectivity index (χ3n) is 5.61. The van der Waals surface area contributed by atoms with Crippen molar-refractivity contribution in [2.45, 2.75) is 50.8 Å². The highest BCUT2D eigenvalue weighted by Gasteiger charge is 2.22. The van der Waals surface area contributed by atoms with Crippen molar-refractivity contribution in [1.82, 2.24) is 5.32 Å². The molecule has 1 saturated carbocycles. The van der Waals surface area contributed by atoms with Gasteiger partial charge in [-0.3, -0.25) is 9.52 Å². The molecule has 2 N–H and O–H groups in total. The monoisotopic (exact) mass is 434 g/mol. The molecule has 156 valence electrons. The van der Waals surface area contributed by atoms with Crippen LogP contribution in [-0.4, -0.2) is 20.9 Å². The van der Waals surface area contributed by atoms with Crippen LogP contribution in [0.25, 0.3) is 0 Å². The van der Waals surface area contributed by atoms with Gasteiger partial charge in [0.25, 0.3) is 15.9 Å². The van der Waals surface area contributed by atoms with Crippen LogP contribution in [0.15, 0.2) is 41.3 Å². The van der Waals surface area contributed by atoms with E-state index in [1.807, 2.05) is 19.9 Å². The van der Waals surface area contributed by atoms with Crippen molar-refractivity contribution in [2.75, 3.05) is 11.3 Å². The normalized spacial score (nSPS) is 15.1. The lowest BCUT2D eigenvalue weighted by molar-refractivity contribution is 0.0943. The Morgan fingerprint density at radius 1 is 1.10 bits per heavy atom. The van der Waals surface area contributed by atoms with Crippen molar-refractivity contribution in [1.29, 1.82) is 0 Å². The molecular weight excluding hydrogens is 408 g/mol. The molecule has 0 heterocycles. The molecule has 29 heavy (non-hydrogen) atoms. The zero-order chi connectivity index (χ0) is 21.0. The van der Waals surface area contributed by atoms with Gasteiger partial charge in [0.1, 0.15) is 4.90 Å². The lowest BCUT2D eigenvalue weighted by Gasteiger charge is -2.21. The maximum atomic E-state index is 12.9. The maximum Gasteiger partial charge on any atom is 0.263 e. The fourth-order valence-electron chi connectivity index (χ4n) is 3.64. The van der Waals surface area contributed by atoms with E-state index in [4.69, 9.17) is 11.6 Å². The molecule has 0 spiro atoms. The number of anilines is 1. The minimum atomic E-state index is -3.94.